The van der Waals surface area contributed by atoms with Crippen LogP contribution >= 0.6 is 11.8 Å². The Labute approximate surface area is 116 Å². The highest BCUT2D eigenvalue weighted by molar-refractivity contribution is 7.98. The van der Waals surface area contributed by atoms with Crippen LogP contribution in [0.4, 0.5) is 0 Å². The molecular formula is C15H16O3S. The van der Waals surface area contributed by atoms with E-state index in [1.54, 1.807) is 17.8 Å². The molecule has 100 valence electrons. The van der Waals surface area contributed by atoms with Gasteiger partial charge in [0.15, 0.2) is 0 Å². The molecule has 19 heavy (non-hydrogen) atoms. The second-order valence-corrected chi connectivity index (χ2v) is 5.78. The van der Waals surface area contributed by atoms with Crippen LogP contribution in [0.5, 0.6) is 0 Å². The van der Waals surface area contributed by atoms with Gasteiger partial charge in [0.25, 0.3) is 0 Å². The lowest BCUT2D eigenvalue weighted by Crippen LogP contribution is -1.92. The Morgan fingerprint density at radius 1 is 1.37 bits per heavy atom. The maximum atomic E-state index is 10.8. The fraction of sp³-hybridized carbons (Fsp3) is 0.267. The molecule has 0 aliphatic carbocycles. The molecule has 0 saturated heterocycles. The molecule has 2 rings (SSSR count). The second-order valence-electron chi connectivity index (χ2n) is 4.45. The molecule has 2 aromatic rings. The van der Waals surface area contributed by atoms with Crippen LogP contribution in [0.15, 0.2) is 40.8 Å². The summed E-state index contributed by atoms with van der Waals surface area (Å²) in [5, 5.41) is 8.95. The van der Waals surface area contributed by atoms with Gasteiger partial charge in [0.2, 0.25) is 5.76 Å². The number of hydrogen-bond donors (Lipinski definition) is 1. The van der Waals surface area contributed by atoms with Crippen LogP contribution in [-0.4, -0.2) is 11.1 Å². The Morgan fingerprint density at radius 3 is 2.79 bits per heavy atom. The third-order valence-electron chi connectivity index (χ3n) is 2.82. The van der Waals surface area contributed by atoms with Crippen LogP contribution in [0, 0.1) is 6.92 Å². The van der Waals surface area contributed by atoms with Crippen LogP contribution in [0.1, 0.15) is 39.6 Å². The third kappa shape index (κ3) is 3.64. The summed E-state index contributed by atoms with van der Waals surface area (Å²) >= 11 is 1.73. The van der Waals surface area contributed by atoms with Gasteiger partial charge < -0.3 is 9.52 Å². The van der Waals surface area contributed by atoms with Gasteiger partial charge in [-0.3, -0.25) is 0 Å². The lowest BCUT2D eigenvalue weighted by molar-refractivity contribution is 0.0660. The second kappa shape index (κ2) is 5.97. The summed E-state index contributed by atoms with van der Waals surface area (Å²) in [7, 11) is 0. The lowest BCUT2D eigenvalue weighted by atomic mass is 10.2. The van der Waals surface area contributed by atoms with E-state index in [0.717, 1.165) is 5.75 Å². The number of rotatable bonds is 5. The highest BCUT2D eigenvalue weighted by Gasteiger charge is 2.14. The van der Waals surface area contributed by atoms with Crippen molar-refractivity contribution in [3.8, 4) is 0 Å². The van der Waals surface area contributed by atoms with Crippen molar-refractivity contribution in [1.29, 1.82) is 0 Å². The molecule has 0 radical (unpaired) electrons. The summed E-state index contributed by atoms with van der Waals surface area (Å²) in [6, 6.07) is 11.6. The first-order valence-electron chi connectivity index (χ1n) is 6.06. The van der Waals surface area contributed by atoms with E-state index in [4.69, 9.17) is 9.52 Å². The van der Waals surface area contributed by atoms with Crippen LogP contribution in [-0.2, 0) is 5.75 Å². The minimum Gasteiger partial charge on any atom is -0.475 e. The Balaban J connectivity index is 1.97. The molecule has 0 spiro atoms. The summed E-state index contributed by atoms with van der Waals surface area (Å²) in [6.07, 6.45) is 0. The molecule has 3 nitrogen and oxygen atoms in total. The fourth-order valence-corrected chi connectivity index (χ4v) is 2.70. The van der Waals surface area contributed by atoms with E-state index in [-0.39, 0.29) is 11.0 Å². The first-order valence-corrected chi connectivity index (χ1v) is 7.11. The van der Waals surface area contributed by atoms with Crippen molar-refractivity contribution < 1.29 is 14.3 Å². The van der Waals surface area contributed by atoms with Crippen molar-refractivity contribution in [1.82, 2.24) is 0 Å². The smallest absolute Gasteiger partial charge is 0.371 e. The molecule has 0 bridgehead atoms. The van der Waals surface area contributed by atoms with Crippen molar-refractivity contribution in [3.05, 3.63) is 59.0 Å². The summed E-state index contributed by atoms with van der Waals surface area (Å²) in [4.78, 5) is 10.8. The largest absolute Gasteiger partial charge is 0.475 e. The predicted molar refractivity (Wildman–Crippen MR) is 76.6 cm³/mol. The van der Waals surface area contributed by atoms with Gasteiger partial charge in [0.05, 0.1) is 5.25 Å². The van der Waals surface area contributed by atoms with E-state index < -0.39 is 5.97 Å². The zero-order valence-electron chi connectivity index (χ0n) is 10.9. The highest BCUT2D eigenvalue weighted by atomic mass is 32.2. The Kier molecular flexibility index (Phi) is 4.32. The van der Waals surface area contributed by atoms with Gasteiger partial charge in [0.1, 0.15) is 5.76 Å². The number of thioether (sulfide) groups is 1. The summed E-state index contributed by atoms with van der Waals surface area (Å²) in [6.45, 7) is 4.09. The van der Waals surface area contributed by atoms with Crippen molar-refractivity contribution in [3.63, 3.8) is 0 Å². The van der Waals surface area contributed by atoms with E-state index in [1.165, 1.54) is 17.2 Å². The molecule has 0 aliphatic heterocycles. The summed E-state index contributed by atoms with van der Waals surface area (Å²) < 4.78 is 5.30. The molecule has 0 aliphatic rings. The Morgan fingerprint density at radius 2 is 2.16 bits per heavy atom. The number of furan rings is 1. The zero-order chi connectivity index (χ0) is 13.8. The molecule has 1 atom stereocenters. The average molecular weight is 276 g/mol. The first kappa shape index (κ1) is 13.7. The Hall–Kier alpha value is -1.68. The van der Waals surface area contributed by atoms with Crippen LogP contribution < -0.4 is 0 Å². The standard InChI is InChI=1S/C15H16O3S/c1-10-4-3-5-12(8-10)9-19-11(2)13-6-7-14(18-13)15(16)17/h3-8,11H,9H2,1-2H3,(H,16,17). The van der Waals surface area contributed by atoms with Gasteiger partial charge in [-0.25, -0.2) is 4.79 Å². The molecule has 1 aromatic carbocycles. The van der Waals surface area contributed by atoms with E-state index in [2.05, 4.69) is 25.1 Å². The maximum Gasteiger partial charge on any atom is 0.371 e. The van der Waals surface area contributed by atoms with Crippen molar-refractivity contribution in [2.75, 3.05) is 0 Å². The normalized spacial score (nSPS) is 12.3. The first-order chi connectivity index (χ1) is 9.06. The average Bonchev–Trinajstić information content (AvgIpc) is 2.86. The molecule has 1 heterocycles. The van der Waals surface area contributed by atoms with Gasteiger partial charge in [-0.15, -0.1) is 11.8 Å². The molecule has 0 fully saturated rings. The minimum atomic E-state index is -1.03. The van der Waals surface area contributed by atoms with Crippen molar-refractivity contribution in [2.45, 2.75) is 24.9 Å². The van der Waals surface area contributed by atoms with Crippen LogP contribution in [0.25, 0.3) is 0 Å². The maximum absolute atomic E-state index is 10.8. The molecular weight excluding hydrogens is 260 g/mol. The molecule has 1 unspecified atom stereocenters. The number of carboxylic acid groups (broad SMARTS) is 1. The minimum absolute atomic E-state index is 0.00185. The summed E-state index contributed by atoms with van der Waals surface area (Å²) in [5.41, 5.74) is 2.51. The van der Waals surface area contributed by atoms with Crippen molar-refractivity contribution in [2.24, 2.45) is 0 Å². The molecule has 0 amide bonds. The molecule has 0 saturated carbocycles. The van der Waals surface area contributed by atoms with E-state index >= 15 is 0 Å². The van der Waals surface area contributed by atoms with Gasteiger partial charge in [-0.05, 0) is 31.5 Å². The predicted octanol–water partition coefficient (Wildman–Crippen LogP) is 4.28. The fourth-order valence-electron chi connectivity index (χ4n) is 1.79. The molecule has 4 heteroatoms. The third-order valence-corrected chi connectivity index (χ3v) is 4.05. The van der Waals surface area contributed by atoms with Crippen LogP contribution in [0.3, 0.4) is 0 Å². The van der Waals surface area contributed by atoms with Gasteiger partial charge >= 0.3 is 5.97 Å². The number of aryl methyl sites for hydroxylation is 1. The van der Waals surface area contributed by atoms with Gasteiger partial charge in [-0.2, -0.15) is 0 Å². The van der Waals surface area contributed by atoms with Crippen LogP contribution in [0.2, 0.25) is 0 Å². The quantitative estimate of drug-likeness (QED) is 0.885. The number of carbonyl (C=O) groups is 1. The molecule has 1 aromatic heterocycles. The number of benzene rings is 1. The SMILES string of the molecule is Cc1cccc(CSC(C)c2ccc(C(=O)O)o2)c1. The number of aromatic carboxylic acids is 1. The highest BCUT2D eigenvalue weighted by Crippen LogP contribution is 2.32. The van der Waals surface area contributed by atoms with E-state index in [1.807, 2.05) is 13.0 Å². The van der Waals surface area contributed by atoms with Crippen molar-refractivity contribution >= 4 is 17.7 Å². The lowest BCUT2D eigenvalue weighted by Gasteiger charge is -2.08. The van der Waals surface area contributed by atoms with E-state index in [9.17, 15) is 4.79 Å². The summed E-state index contributed by atoms with van der Waals surface area (Å²) in [5.74, 6) is 0.557. The Bertz CT molecular complexity index is 574. The monoisotopic (exact) mass is 276 g/mol. The van der Waals surface area contributed by atoms with Gasteiger partial charge in [-0.1, -0.05) is 29.8 Å². The number of carboxylic acids is 1. The number of hydrogen-bond acceptors (Lipinski definition) is 3. The van der Waals surface area contributed by atoms with Gasteiger partial charge in [0, 0.05) is 5.75 Å². The molecule has 1 N–H and O–H groups in total. The van der Waals surface area contributed by atoms with E-state index in [0.29, 0.717) is 5.76 Å². The zero-order valence-corrected chi connectivity index (χ0v) is 11.7. The topological polar surface area (TPSA) is 50.4 Å².